The van der Waals surface area contributed by atoms with E-state index in [1.807, 2.05) is 72.8 Å². The summed E-state index contributed by atoms with van der Waals surface area (Å²) in [6.45, 7) is 1.61. The molecule has 2 aromatic carbocycles. The van der Waals surface area contributed by atoms with E-state index in [9.17, 15) is 9.59 Å². The monoisotopic (exact) mass is 431 g/mol. The Morgan fingerprint density at radius 1 is 1.09 bits per heavy atom. The van der Waals surface area contributed by atoms with Crippen LogP contribution in [0.5, 0.6) is 0 Å². The molecule has 1 saturated heterocycles. The first kappa shape index (κ1) is 21.5. The molecule has 7 heteroatoms. The molecule has 2 amide bonds. The molecular formula is C25H25N3O4. The van der Waals surface area contributed by atoms with Crippen molar-refractivity contribution in [2.24, 2.45) is 0 Å². The summed E-state index contributed by atoms with van der Waals surface area (Å²) in [7, 11) is 0. The van der Waals surface area contributed by atoms with Gasteiger partial charge in [-0.3, -0.25) is 9.59 Å². The van der Waals surface area contributed by atoms with Crippen LogP contribution in [-0.4, -0.2) is 41.6 Å². The first-order valence-electron chi connectivity index (χ1n) is 10.6. The maximum absolute atomic E-state index is 12.8. The lowest BCUT2D eigenvalue weighted by molar-refractivity contribution is -0.140. The van der Waals surface area contributed by atoms with Gasteiger partial charge in [-0.2, -0.15) is 0 Å². The lowest BCUT2D eigenvalue weighted by atomic mass is 10.1. The minimum Gasteiger partial charge on any atom is -0.377 e. The summed E-state index contributed by atoms with van der Waals surface area (Å²) in [6.07, 6.45) is 4.05. The summed E-state index contributed by atoms with van der Waals surface area (Å²) in [4.78, 5) is 27.0. The van der Waals surface area contributed by atoms with Crippen molar-refractivity contribution < 1.29 is 18.8 Å². The third-order valence-corrected chi connectivity index (χ3v) is 5.24. The molecule has 164 valence electrons. The number of amides is 2. The highest BCUT2D eigenvalue weighted by Crippen LogP contribution is 2.26. The van der Waals surface area contributed by atoms with Crippen molar-refractivity contribution in [1.29, 1.82) is 0 Å². The second-order valence-electron chi connectivity index (χ2n) is 7.48. The van der Waals surface area contributed by atoms with Crippen LogP contribution in [-0.2, 0) is 16.1 Å². The third-order valence-electron chi connectivity index (χ3n) is 5.24. The second-order valence-corrected chi connectivity index (χ2v) is 7.48. The fourth-order valence-corrected chi connectivity index (χ4v) is 3.54. The van der Waals surface area contributed by atoms with Gasteiger partial charge in [0.05, 0.1) is 13.2 Å². The highest BCUT2D eigenvalue weighted by molar-refractivity contribution is 5.92. The number of ether oxygens (including phenoxy) is 1. The van der Waals surface area contributed by atoms with Gasteiger partial charge in [0, 0.05) is 25.6 Å². The van der Waals surface area contributed by atoms with Crippen molar-refractivity contribution >= 4 is 17.9 Å². The van der Waals surface area contributed by atoms with Crippen LogP contribution in [0.1, 0.15) is 39.8 Å². The summed E-state index contributed by atoms with van der Waals surface area (Å²) in [5.74, 6) is 0.0798. The lowest BCUT2D eigenvalue weighted by Gasteiger charge is -2.33. The normalized spacial score (nSPS) is 16.2. The average molecular weight is 431 g/mol. The van der Waals surface area contributed by atoms with E-state index >= 15 is 0 Å². The summed E-state index contributed by atoms with van der Waals surface area (Å²) in [5, 5.41) is 6.73. The molecule has 1 N–H and O–H groups in total. The van der Waals surface area contributed by atoms with E-state index in [0.717, 1.165) is 11.1 Å². The Balaban J connectivity index is 1.38. The van der Waals surface area contributed by atoms with E-state index in [2.05, 4.69) is 10.5 Å². The number of hydrogen-bond donors (Lipinski definition) is 1. The zero-order chi connectivity index (χ0) is 22.2. The SMILES string of the molecule is O=C(NCc1ccccc1)c1cc(C2COCCN2C(=O)C/C=C/c2ccccc2)on1. The van der Waals surface area contributed by atoms with Crippen LogP contribution in [0.4, 0.5) is 0 Å². The minimum atomic E-state index is -0.412. The highest BCUT2D eigenvalue weighted by Gasteiger charge is 2.31. The molecule has 4 rings (SSSR count). The Hall–Kier alpha value is -3.71. The first-order valence-corrected chi connectivity index (χ1v) is 10.6. The molecule has 1 atom stereocenters. The van der Waals surface area contributed by atoms with Gasteiger partial charge in [-0.25, -0.2) is 0 Å². The Morgan fingerprint density at radius 2 is 1.84 bits per heavy atom. The van der Waals surface area contributed by atoms with E-state index in [1.54, 1.807) is 11.0 Å². The lowest BCUT2D eigenvalue weighted by Crippen LogP contribution is -2.43. The van der Waals surface area contributed by atoms with Crippen LogP contribution in [0, 0.1) is 0 Å². The number of aromatic nitrogens is 1. The molecule has 1 aliphatic heterocycles. The van der Waals surface area contributed by atoms with Crippen LogP contribution >= 0.6 is 0 Å². The molecule has 0 spiro atoms. The van der Waals surface area contributed by atoms with Gasteiger partial charge in [-0.15, -0.1) is 0 Å². The zero-order valence-electron chi connectivity index (χ0n) is 17.6. The molecule has 3 aromatic rings. The van der Waals surface area contributed by atoms with Gasteiger partial charge in [-0.05, 0) is 11.1 Å². The predicted octanol–water partition coefficient (Wildman–Crippen LogP) is 3.61. The van der Waals surface area contributed by atoms with Crippen molar-refractivity contribution in [3.8, 4) is 0 Å². The standard InChI is InChI=1S/C25H25N3O4/c29-24(13-7-12-19-8-3-1-4-9-19)28-14-15-31-18-22(28)23-16-21(27-32-23)25(30)26-17-20-10-5-2-6-11-20/h1-12,16,22H,13-15,17-18H2,(H,26,30)/b12-7+. The number of nitrogens with zero attached hydrogens (tertiary/aromatic N) is 2. The average Bonchev–Trinajstić information content (AvgIpc) is 3.34. The summed E-state index contributed by atoms with van der Waals surface area (Å²) < 4.78 is 11.0. The molecule has 0 aliphatic carbocycles. The zero-order valence-corrected chi connectivity index (χ0v) is 17.6. The molecule has 0 radical (unpaired) electrons. The van der Waals surface area contributed by atoms with E-state index in [0.29, 0.717) is 32.1 Å². The van der Waals surface area contributed by atoms with Crippen LogP contribution < -0.4 is 5.32 Å². The van der Waals surface area contributed by atoms with Crippen molar-refractivity contribution in [2.75, 3.05) is 19.8 Å². The molecular weight excluding hydrogens is 406 g/mol. The largest absolute Gasteiger partial charge is 0.377 e. The number of benzene rings is 2. The second kappa shape index (κ2) is 10.5. The highest BCUT2D eigenvalue weighted by atomic mass is 16.5. The molecule has 0 bridgehead atoms. The van der Waals surface area contributed by atoms with E-state index in [1.165, 1.54) is 0 Å². The predicted molar refractivity (Wildman–Crippen MR) is 119 cm³/mol. The topological polar surface area (TPSA) is 84.7 Å². The van der Waals surface area contributed by atoms with E-state index in [4.69, 9.17) is 9.26 Å². The molecule has 7 nitrogen and oxygen atoms in total. The molecule has 32 heavy (non-hydrogen) atoms. The molecule has 1 fully saturated rings. The maximum Gasteiger partial charge on any atom is 0.273 e. The maximum atomic E-state index is 12.8. The van der Waals surface area contributed by atoms with Gasteiger partial charge >= 0.3 is 0 Å². The quantitative estimate of drug-likeness (QED) is 0.618. The van der Waals surface area contributed by atoms with Gasteiger partial charge in [0.25, 0.3) is 5.91 Å². The Bertz CT molecular complexity index is 1060. The van der Waals surface area contributed by atoms with Crippen LogP contribution in [0.2, 0.25) is 0 Å². The summed E-state index contributed by atoms with van der Waals surface area (Å²) in [5.41, 5.74) is 2.21. The Morgan fingerprint density at radius 3 is 2.62 bits per heavy atom. The van der Waals surface area contributed by atoms with Gasteiger partial charge in [0.2, 0.25) is 5.91 Å². The molecule has 1 aliphatic rings. The Kier molecular flexibility index (Phi) is 7.09. The number of rotatable bonds is 7. The number of hydrogen-bond acceptors (Lipinski definition) is 5. The number of carbonyl (C=O) groups is 2. The van der Waals surface area contributed by atoms with Crippen molar-refractivity contribution in [1.82, 2.24) is 15.4 Å². The van der Waals surface area contributed by atoms with Gasteiger partial charge in [0.15, 0.2) is 11.5 Å². The third kappa shape index (κ3) is 5.50. The molecule has 2 heterocycles. The van der Waals surface area contributed by atoms with Crippen molar-refractivity contribution in [3.05, 3.63) is 95.4 Å². The van der Waals surface area contributed by atoms with Gasteiger partial charge in [0.1, 0.15) is 6.04 Å². The number of morpholine rings is 1. The molecule has 1 unspecified atom stereocenters. The smallest absolute Gasteiger partial charge is 0.273 e. The summed E-state index contributed by atoms with van der Waals surface area (Å²) in [6, 6.07) is 20.6. The first-order chi connectivity index (χ1) is 15.7. The van der Waals surface area contributed by atoms with Gasteiger partial charge < -0.3 is 19.5 Å². The molecule has 1 aromatic heterocycles. The Labute approximate surface area is 186 Å². The van der Waals surface area contributed by atoms with Crippen molar-refractivity contribution in [2.45, 2.75) is 19.0 Å². The van der Waals surface area contributed by atoms with Crippen LogP contribution in [0.3, 0.4) is 0 Å². The minimum absolute atomic E-state index is 0.0306. The number of carbonyl (C=O) groups excluding carboxylic acids is 2. The van der Waals surface area contributed by atoms with Crippen molar-refractivity contribution in [3.63, 3.8) is 0 Å². The van der Waals surface area contributed by atoms with Gasteiger partial charge in [-0.1, -0.05) is 78.0 Å². The fraction of sp³-hybridized carbons (Fsp3) is 0.240. The fourth-order valence-electron chi connectivity index (χ4n) is 3.54. The number of nitrogens with one attached hydrogen (secondary N) is 1. The summed E-state index contributed by atoms with van der Waals surface area (Å²) >= 11 is 0. The van der Waals surface area contributed by atoms with E-state index in [-0.39, 0.29) is 23.9 Å². The van der Waals surface area contributed by atoms with E-state index < -0.39 is 6.04 Å². The van der Waals surface area contributed by atoms with Crippen LogP contribution in [0.15, 0.2) is 77.3 Å². The molecule has 0 saturated carbocycles. The van der Waals surface area contributed by atoms with Crippen LogP contribution in [0.25, 0.3) is 6.08 Å².